The number of nitrogens with one attached hydrogen (secondary N) is 1. The van der Waals surface area contributed by atoms with Gasteiger partial charge in [-0.25, -0.2) is 0 Å². The SMILES string of the molecule is CCc1cc(-c2cc(CC)c(N=Nc3cc(S(=O)(=O)O)c4ccccc4c3NC(=O)C(F)(F)F)c(CC)c2)cc(CC)c1N. The zero-order valence-electron chi connectivity index (χ0n) is 24.7. The molecule has 0 bridgehead atoms. The lowest BCUT2D eigenvalue weighted by Crippen LogP contribution is -2.30. The molecule has 0 atom stereocenters. The van der Waals surface area contributed by atoms with Gasteiger partial charge in [-0.2, -0.15) is 21.6 Å². The number of carbonyl (C=O) groups is 1. The summed E-state index contributed by atoms with van der Waals surface area (Å²) in [5, 5.41) is 10.2. The average molecular weight is 627 g/mol. The summed E-state index contributed by atoms with van der Waals surface area (Å²) in [5.74, 6) is -2.27. The molecule has 8 nitrogen and oxygen atoms in total. The van der Waals surface area contributed by atoms with Gasteiger partial charge in [0.25, 0.3) is 10.1 Å². The number of nitrogens with two attached hydrogens (primary N) is 1. The minimum atomic E-state index is -5.23. The Hall–Kier alpha value is -4.29. The van der Waals surface area contributed by atoms with Crippen LogP contribution >= 0.6 is 0 Å². The number of amides is 1. The number of carbonyl (C=O) groups excluding carboxylic acids is 1. The Labute approximate surface area is 253 Å². The van der Waals surface area contributed by atoms with Gasteiger partial charge in [0, 0.05) is 16.5 Å². The summed E-state index contributed by atoms with van der Waals surface area (Å²) in [4.78, 5) is 11.4. The van der Waals surface area contributed by atoms with E-state index < -0.39 is 32.8 Å². The van der Waals surface area contributed by atoms with Crippen LogP contribution in [0.15, 0.2) is 69.7 Å². The molecule has 0 unspecified atom stereocenters. The van der Waals surface area contributed by atoms with Crippen molar-refractivity contribution < 1.29 is 30.9 Å². The number of nitrogen functional groups attached to an aromatic ring is 1. The van der Waals surface area contributed by atoms with Crippen LogP contribution in [0.3, 0.4) is 0 Å². The van der Waals surface area contributed by atoms with Gasteiger partial charge in [-0.3, -0.25) is 9.35 Å². The molecule has 12 heteroatoms. The maximum Gasteiger partial charge on any atom is 0.471 e. The molecule has 0 heterocycles. The highest BCUT2D eigenvalue weighted by atomic mass is 32.2. The van der Waals surface area contributed by atoms with Gasteiger partial charge < -0.3 is 11.1 Å². The Balaban J connectivity index is 1.94. The van der Waals surface area contributed by atoms with E-state index in [1.165, 1.54) is 24.3 Å². The lowest BCUT2D eigenvalue weighted by molar-refractivity contribution is -0.167. The number of azo groups is 1. The van der Waals surface area contributed by atoms with Crippen molar-refractivity contribution in [2.75, 3.05) is 11.1 Å². The van der Waals surface area contributed by atoms with E-state index in [4.69, 9.17) is 5.73 Å². The Kier molecular flexibility index (Phi) is 9.45. The van der Waals surface area contributed by atoms with Gasteiger partial charge in [-0.15, -0.1) is 10.2 Å². The standard InChI is InChI=1S/C32H33F3N4O4S/c1-5-18-13-22(14-19(6-2)28(18)36)23-15-20(7-3)29(21(8-4)16-23)39-38-26-17-27(44(41,42)43)24-11-9-10-12-25(24)30(26)37-31(40)32(33,34)35/h9-17H,5-8,36H2,1-4H3,(H,37,40)(H,41,42,43). The van der Waals surface area contributed by atoms with Crippen molar-refractivity contribution in [3.8, 4) is 11.1 Å². The predicted molar refractivity (Wildman–Crippen MR) is 166 cm³/mol. The molecule has 0 radical (unpaired) electrons. The van der Waals surface area contributed by atoms with Crippen LogP contribution in [0.2, 0.25) is 0 Å². The van der Waals surface area contributed by atoms with E-state index in [0.29, 0.717) is 18.5 Å². The van der Waals surface area contributed by atoms with Gasteiger partial charge in [-0.05, 0) is 89.4 Å². The molecule has 0 aliphatic rings. The van der Waals surface area contributed by atoms with E-state index in [1.54, 1.807) is 0 Å². The number of nitrogens with zero attached hydrogens (tertiary/aromatic N) is 2. The first-order valence-electron chi connectivity index (χ1n) is 14.1. The van der Waals surface area contributed by atoms with Crippen molar-refractivity contribution in [3.63, 3.8) is 0 Å². The average Bonchev–Trinajstić information content (AvgIpc) is 2.99. The lowest BCUT2D eigenvalue weighted by Gasteiger charge is -2.16. The molecular formula is C32H33F3N4O4S. The summed E-state index contributed by atoms with van der Waals surface area (Å²) < 4.78 is 74.2. The molecule has 0 fully saturated rings. The Morgan fingerprint density at radius 2 is 1.30 bits per heavy atom. The van der Waals surface area contributed by atoms with Crippen LogP contribution < -0.4 is 11.1 Å². The first-order chi connectivity index (χ1) is 20.7. The Morgan fingerprint density at radius 1 is 0.818 bits per heavy atom. The summed E-state index contributed by atoms with van der Waals surface area (Å²) >= 11 is 0. The molecule has 44 heavy (non-hydrogen) atoms. The zero-order valence-corrected chi connectivity index (χ0v) is 25.5. The van der Waals surface area contributed by atoms with E-state index in [2.05, 4.69) is 22.4 Å². The lowest BCUT2D eigenvalue weighted by atomic mass is 9.92. The number of fused-ring (bicyclic) bond motifs is 1. The maximum absolute atomic E-state index is 13.3. The number of hydrogen-bond acceptors (Lipinski definition) is 6. The third-order valence-corrected chi connectivity index (χ3v) is 8.39. The summed E-state index contributed by atoms with van der Waals surface area (Å²) in [6.45, 7) is 7.94. The minimum Gasteiger partial charge on any atom is -0.398 e. The molecule has 4 rings (SSSR count). The number of aryl methyl sites for hydroxylation is 4. The molecule has 4 aromatic rings. The van der Waals surface area contributed by atoms with Crippen molar-refractivity contribution in [1.82, 2.24) is 0 Å². The molecule has 0 aliphatic heterocycles. The molecule has 232 valence electrons. The van der Waals surface area contributed by atoms with E-state index in [-0.39, 0.29) is 16.5 Å². The van der Waals surface area contributed by atoms with Crippen LogP contribution in [0.5, 0.6) is 0 Å². The smallest absolute Gasteiger partial charge is 0.398 e. The second-order valence-corrected chi connectivity index (χ2v) is 11.6. The van der Waals surface area contributed by atoms with Crippen LogP contribution in [0.25, 0.3) is 21.9 Å². The molecule has 0 spiro atoms. The van der Waals surface area contributed by atoms with Gasteiger partial charge >= 0.3 is 12.1 Å². The first-order valence-corrected chi connectivity index (χ1v) is 15.6. The molecule has 0 saturated carbocycles. The van der Waals surface area contributed by atoms with Crippen molar-refractivity contribution in [3.05, 3.63) is 76.9 Å². The van der Waals surface area contributed by atoms with E-state index in [1.807, 2.05) is 45.1 Å². The van der Waals surface area contributed by atoms with Gasteiger partial charge in [0.2, 0.25) is 0 Å². The molecular weight excluding hydrogens is 593 g/mol. The Morgan fingerprint density at radius 3 is 1.75 bits per heavy atom. The van der Waals surface area contributed by atoms with Gasteiger partial charge in [0.1, 0.15) is 10.6 Å². The number of hydrogen-bond donors (Lipinski definition) is 3. The predicted octanol–water partition coefficient (Wildman–Crippen LogP) is 8.50. The summed E-state index contributed by atoms with van der Waals surface area (Å²) in [5.41, 5.74) is 12.4. The third-order valence-electron chi connectivity index (χ3n) is 7.49. The number of benzene rings is 4. The number of anilines is 2. The van der Waals surface area contributed by atoms with Crippen LogP contribution in [0.4, 0.5) is 35.9 Å². The quantitative estimate of drug-likeness (QED) is 0.0973. The fourth-order valence-corrected chi connectivity index (χ4v) is 5.88. The van der Waals surface area contributed by atoms with Crippen molar-refractivity contribution in [2.24, 2.45) is 10.2 Å². The topological polar surface area (TPSA) is 134 Å². The molecule has 0 aromatic heterocycles. The van der Waals surface area contributed by atoms with Crippen LogP contribution in [0.1, 0.15) is 49.9 Å². The van der Waals surface area contributed by atoms with E-state index in [9.17, 15) is 30.9 Å². The van der Waals surface area contributed by atoms with Gasteiger partial charge in [-0.1, -0.05) is 52.0 Å². The Bertz CT molecular complexity index is 1840. The van der Waals surface area contributed by atoms with Crippen molar-refractivity contribution >= 4 is 49.5 Å². The number of alkyl halides is 3. The third kappa shape index (κ3) is 6.61. The molecule has 1 amide bonds. The highest BCUT2D eigenvalue weighted by Crippen LogP contribution is 2.41. The maximum atomic E-state index is 13.3. The molecule has 4 aromatic carbocycles. The molecule has 0 aliphatic carbocycles. The fraction of sp³-hybridized carbons (Fsp3) is 0.281. The minimum absolute atomic E-state index is 0.0715. The van der Waals surface area contributed by atoms with Gasteiger partial charge in [0.15, 0.2) is 0 Å². The summed E-state index contributed by atoms with van der Waals surface area (Å²) in [6, 6.07) is 14.5. The highest BCUT2D eigenvalue weighted by molar-refractivity contribution is 7.86. The normalized spacial score (nSPS) is 12.3. The van der Waals surface area contributed by atoms with Crippen LogP contribution in [0, 0.1) is 0 Å². The van der Waals surface area contributed by atoms with Crippen molar-refractivity contribution in [1.29, 1.82) is 0 Å². The number of rotatable bonds is 9. The number of halogens is 3. The molecule has 0 saturated heterocycles. The fourth-order valence-electron chi connectivity index (χ4n) is 5.16. The van der Waals surface area contributed by atoms with Gasteiger partial charge in [0.05, 0.1) is 11.4 Å². The molecule has 4 N–H and O–H groups in total. The summed E-state index contributed by atoms with van der Waals surface area (Å²) in [7, 11) is -4.83. The van der Waals surface area contributed by atoms with Crippen LogP contribution in [-0.2, 0) is 40.6 Å². The highest BCUT2D eigenvalue weighted by Gasteiger charge is 2.39. The van der Waals surface area contributed by atoms with Crippen molar-refractivity contribution in [2.45, 2.75) is 64.5 Å². The largest absolute Gasteiger partial charge is 0.471 e. The van der Waals surface area contributed by atoms with E-state index >= 15 is 0 Å². The monoisotopic (exact) mass is 626 g/mol. The zero-order chi connectivity index (χ0) is 32.4. The van der Waals surface area contributed by atoms with Crippen LogP contribution in [-0.4, -0.2) is 25.1 Å². The first kappa shape index (κ1) is 32.6. The summed E-state index contributed by atoms with van der Waals surface area (Å²) in [6.07, 6.45) is -2.61. The second kappa shape index (κ2) is 12.7. The van der Waals surface area contributed by atoms with E-state index in [0.717, 1.165) is 58.0 Å². The second-order valence-electron chi connectivity index (χ2n) is 10.2.